The van der Waals surface area contributed by atoms with Crippen molar-refractivity contribution in [2.45, 2.75) is 38.3 Å². The van der Waals surface area contributed by atoms with Crippen LogP contribution in [-0.4, -0.2) is 18.5 Å². The first kappa shape index (κ1) is 12.8. The standard InChI is InChI=1S/C14H18ClN3O/c1-8-4-2-3-5-18(8)12-7-11-9(6-10(12)15)13(16)14(19)17-11/h6-8,13H,2-5,16H2,1H3,(H,17,19). The van der Waals surface area contributed by atoms with Crippen LogP contribution in [0.25, 0.3) is 0 Å². The van der Waals surface area contributed by atoms with Gasteiger partial charge in [-0.1, -0.05) is 11.6 Å². The molecule has 0 aromatic heterocycles. The summed E-state index contributed by atoms with van der Waals surface area (Å²) < 4.78 is 0. The minimum atomic E-state index is -0.597. The molecule has 0 bridgehead atoms. The van der Waals surface area contributed by atoms with Crippen molar-refractivity contribution >= 4 is 28.9 Å². The Morgan fingerprint density at radius 1 is 1.42 bits per heavy atom. The summed E-state index contributed by atoms with van der Waals surface area (Å²) in [5.74, 6) is -0.157. The number of benzene rings is 1. The number of nitrogens with one attached hydrogen (secondary N) is 1. The van der Waals surface area contributed by atoms with Gasteiger partial charge in [0.15, 0.2) is 0 Å². The molecule has 2 unspecified atom stereocenters. The average Bonchev–Trinajstić information content (AvgIpc) is 2.66. The molecule has 2 aliphatic heterocycles. The number of hydrogen-bond acceptors (Lipinski definition) is 3. The molecule has 0 saturated carbocycles. The van der Waals surface area contributed by atoms with Crippen molar-refractivity contribution in [3.63, 3.8) is 0 Å². The number of halogens is 1. The van der Waals surface area contributed by atoms with E-state index < -0.39 is 6.04 Å². The van der Waals surface area contributed by atoms with Gasteiger partial charge in [-0.3, -0.25) is 4.79 Å². The quantitative estimate of drug-likeness (QED) is 0.831. The lowest BCUT2D eigenvalue weighted by Gasteiger charge is -2.36. The van der Waals surface area contributed by atoms with Crippen molar-refractivity contribution < 1.29 is 4.79 Å². The summed E-state index contributed by atoms with van der Waals surface area (Å²) in [6, 6.07) is 3.68. The number of anilines is 2. The molecule has 1 saturated heterocycles. The van der Waals surface area contributed by atoms with Gasteiger partial charge in [-0.2, -0.15) is 0 Å². The van der Waals surface area contributed by atoms with Crippen LogP contribution in [0.1, 0.15) is 37.8 Å². The minimum absolute atomic E-state index is 0.157. The van der Waals surface area contributed by atoms with E-state index in [4.69, 9.17) is 17.3 Å². The monoisotopic (exact) mass is 279 g/mol. The van der Waals surface area contributed by atoms with Crippen LogP contribution in [0.2, 0.25) is 5.02 Å². The molecule has 5 heteroatoms. The number of carbonyl (C=O) groups excluding carboxylic acids is 1. The molecule has 2 heterocycles. The number of carbonyl (C=O) groups is 1. The summed E-state index contributed by atoms with van der Waals surface area (Å²) in [5.41, 5.74) is 8.43. The van der Waals surface area contributed by atoms with E-state index in [1.807, 2.05) is 12.1 Å². The van der Waals surface area contributed by atoms with E-state index in [1.54, 1.807) is 0 Å². The van der Waals surface area contributed by atoms with Crippen LogP contribution < -0.4 is 16.0 Å². The van der Waals surface area contributed by atoms with Gasteiger partial charge in [0.05, 0.1) is 10.7 Å². The zero-order chi connectivity index (χ0) is 13.6. The summed E-state index contributed by atoms with van der Waals surface area (Å²) in [7, 11) is 0. The molecule has 1 aromatic rings. The number of nitrogens with zero attached hydrogens (tertiary/aromatic N) is 1. The smallest absolute Gasteiger partial charge is 0.245 e. The third-order valence-corrected chi connectivity index (χ3v) is 4.41. The Kier molecular flexibility index (Phi) is 3.15. The van der Waals surface area contributed by atoms with Crippen LogP contribution in [0.5, 0.6) is 0 Å². The van der Waals surface area contributed by atoms with Crippen LogP contribution in [0.3, 0.4) is 0 Å². The normalized spacial score (nSPS) is 26.3. The van der Waals surface area contributed by atoms with E-state index in [9.17, 15) is 4.79 Å². The summed E-state index contributed by atoms with van der Waals surface area (Å²) in [6.07, 6.45) is 3.63. The summed E-state index contributed by atoms with van der Waals surface area (Å²) in [5, 5.41) is 3.50. The molecule has 0 aliphatic carbocycles. The number of amides is 1. The fourth-order valence-corrected chi connectivity index (χ4v) is 3.25. The minimum Gasteiger partial charge on any atom is -0.368 e. The first-order valence-electron chi connectivity index (χ1n) is 6.74. The first-order valence-corrected chi connectivity index (χ1v) is 7.12. The molecule has 4 nitrogen and oxygen atoms in total. The second-order valence-electron chi connectivity index (χ2n) is 5.40. The highest BCUT2D eigenvalue weighted by Crippen LogP contribution is 2.39. The van der Waals surface area contributed by atoms with Gasteiger partial charge >= 0.3 is 0 Å². The van der Waals surface area contributed by atoms with Crippen molar-refractivity contribution in [1.82, 2.24) is 0 Å². The van der Waals surface area contributed by atoms with Crippen molar-refractivity contribution in [2.24, 2.45) is 5.73 Å². The largest absolute Gasteiger partial charge is 0.368 e. The number of rotatable bonds is 1. The molecule has 19 heavy (non-hydrogen) atoms. The van der Waals surface area contributed by atoms with Gasteiger partial charge in [-0.15, -0.1) is 0 Å². The van der Waals surface area contributed by atoms with Gasteiger partial charge < -0.3 is 16.0 Å². The Hall–Kier alpha value is -1.26. The van der Waals surface area contributed by atoms with Crippen LogP contribution >= 0.6 is 11.6 Å². The lowest BCUT2D eigenvalue weighted by atomic mass is 10.0. The van der Waals surface area contributed by atoms with Gasteiger partial charge in [0.2, 0.25) is 5.91 Å². The van der Waals surface area contributed by atoms with Crippen molar-refractivity contribution in [1.29, 1.82) is 0 Å². The van der Waals surface area contributed by atoms with E-state index in [1.165, 1.54) is 19.3 Å². The maximum absolute atomic E-state index is 11.6. The maximum atomic E-state index is 11.6. The highest BCUT2D eigenvalue weighted by Gasteiger charge is 2.30. The van der Waals surface area contributed by atoms with E-state index in [-0.39, 0.29) is 5.91 Å². The van der Waals surface area contributed by atoms with E-state index in [0.29, 0.717) is 11.1 Å². The molecule has 102 valence electrons. The van der Waals surface area contributed by atoms with Gasteiger partial charge in [0.1, 0.15) is 6.04 Å². The van der Waals surface area contributed by atoms with Crippen molar-refractivity contribution in [3.05, 3.63) is 22.7 Å². The third-order valence-electron chi connectivity index (χ3n) is 4.11. The molecule has 0 radical (unpaired) electrons. The number of nitrogens with two attached hydrogens (primary N) is 1. The van der Waals surface area contributed by atoms with Crippen molar-refractivity contribution in [3.8, 4) is 0 Å². The fraction of sp³-hybridized carbons (Fsp3) is 0.500. The predicted molar refractivity (Wildman–Crippen MR) is 77.7 cm³/mol. The molecular formula is C14H18ClN3O. The van der Waals surface area contributed by atoms with Crippen molar-refractivity contribution in [2.75, 3.05) is 16.8 Å². The Balaban J connectivity index is 2.00. The molecule has 1 fully saturated rings. The zero-order valence-electron chi connectivity index (χ0n) is 10.9. The van der Waals surface area contributed by atoms with E-state index in [2.05, 4.69) is 17.1 Å². The second kappa shape index (κ2) is 4.69. The van der Waals surface area contributed by atoms with Gasteiger partial charge in [-0.25, -0.2) is 0 Å². The first-order chi connectivity index (χ1) is 9.08. The van der Waals surface area contributed by atoms with Gasteiger partial charge in [0.25, 0.3) is 0 Å². The van der Waals surface area contributed by atoms with Gasteiger partial charge in [0, 0.05) is 23.8 Å². The lowest BCUT2D eigenvalue weighted by Crippen LogP contribution is -2.37. The SMILES string of the molecule is CC1CCCCN1c1cc2c(cc1Cl)C(N)C(=O)N2. The third kappa shape index (κ3) is 2.09. The topological polar surface area (TPSA) is 58.4 Å². The Labute approximate surface area is 117 Å². The second-order valence-corrected chi connectivity index (χ2v) is 5.80. The molecule has 3 N–H and O–H groups in total. The molecule has 2 aliphatic rings. The number of hydrogen-bond donors (Lipinski definition) is 2. The van der Waals surface area contributed by atoms with E-state index >= 15 is 0 Å². The summed E-state index contributed by atoms with van der Waals surface area (Å²) in [6.45, 7) is 3.23. The van der Waals surface area contributed by atoms with Crippen LogP contribution in [0.15, 0.2) is 12.1 Å². The van der Waals surface area contributed by atoms with E-state index in [0.717, 1.165) is 23.5 Å². The molecule has 0 spiro atoms. The predicted octanol–water partition coefficient (Wildman–Crippen LogP) is 2.67. The van der Waals surface area contributed by atoms with Gasteiger partial charge in [-0.05, 0) is 38.3 Å². The Bertz CT molecular complexity index is 532. The highest BCUT2D eigenvalue weighted by atomic mass is 35.5. The number of fused-ring (bicyclic) bond motifs is 1. The molecule has 1 aromatic carbocycles. The van der Waals surface area contributed by atoms with Crippen LogP contribution in [0.4, 0.5) is 11.4 Å². The van der Waals surface area contributed by atoms with Crippen LogP contribution in [-0.2, 0) is 4.79 Å². The fourth-order valence-electron chi connectivity index (χ4n) is 2.97. The molecular weight excluding hydrogens is 262 g/mol. The average molecular weight is 280 g/mol. The lowest BCUT2D eigenvalue weighted by molar-refractivity contribution is -0.116. The molecule has 1 amide bonds. The highest BCUT2D eigenvalue weighted by molar-refractivity contribution is 6.33. The molecule has 3 rings (SSSR count). The number of piperidine rings is 1. The van der Waals surface area contributed by atoms with Crippen LogP contribution in [0, 0.1) is 0 Å². The Morgan fingerprint density at radius 2 is 2.21 bits per heavy atom. The Morgan fingerprint density at radius 3 is 2.95 bits per heavy atom. The summed E-state index contributed by atoms with van der Waals surface area (Å²) >= 11 is 6.38. The zero-order valence-corrected chi connectivity index (χ0v) is 11.7. The molecule has 2 atom stereocenters. The summed E-state index contributed by atoms with van der Waals surface area (Å²) in [4.78, 5) is 13.9. The maximum Gasteiger partial charge on any atom is 0.245 e.